The number of carbonyl (C=O) groups is 2. The first-order chi connectivity index (χ1) is 14.2. The third-order valence-electron chi connectivity index (χ3n) is 3.73. The van der Waals surface area contributed by atoms with Gasteiger partial charge in [0, 0.05) is 29.2 Å². The first-order valence-corrected chi connectivity index (χ1v) is 10.1. The van der Waals surface area contributed by atoms with E-state index in [0.29, 0.717) is 16.7 Å². The Morgan fingerprint density at radius 1 is 1.07 bits per heavy atom. The fraction of sp³-hybridized carbons (Fsp3) is 0.250. The molecule has 3 amide bonds. The van der Waals surface area contributed by atoms with Crippen LogP contribution < -0.4 is 10.6 Å². The number of aromatic nitrogens is 4. The molecule has 3 rings (SSSR count). The number of benzene rings is 1. The minimum Gasteiger partial charge on any atom is -0.333 e. The van der Waals surface area contributed by atoms with E-state index in [1.54, 1.807) is 41.2 Å². The highest BCUT2D eigenvalue weighted by atomic mass is 32.2. The highest BCUT2D eigenvalue weighted by Gasteiger charge is 2.19. The zero-order chi connectivity index (χ0) is 21.7. The molecule has 8 nitrogen and oxygen atoms in total. The molecule has 0 aliphatic rings. The summed E-state index contributed by atoms with van der Waals surface area (Å²) in [6.45, 7) is 5.45. The molecule has 10 heteroatoms. The van der Waals surface area contributed by atoms with Crippen LogP contribution in [-0.2, 0) is 4.79 Å². The molecule has 30 heavy (non-hydrogen) atoms. The maximum Gasteiger partial charge on any atom is 0.321 e. The van der Waals surface area contributed by atoms with Crippen LogP contribution in [0.3, 0.4) is 0 Å². The first kappa shape index (κ1) is 21.4. The number of carbonyl (C=O) groups excluding carboxylic acids is 2. The standard InChI is InChI=1S/C20H21FN6O2S/c1-20(2,3)24-18(29)23-16(28)12-30-19-26-25-17(13-8-10-22-11-9-13)27(19)15-6-4-14(21)5-7-15/h4-11H,12H2,1-3H3,(H2,23,24,28,29). The van der Waals surface area contributed by atoms with Gasteiger partial charge in [-0.05, 0) is 57.2 Å². The van der Waals surface area contributed by atoms with Gasteiger partial charge in [-0.15, -0.1) is 10.2 Å². The van der Waals surface area contributed by atoms with Gasteiger partial charge in [-0.25, -0.2) is 9.18 Å². The Bertz CT molecular complexity index is 1030. The SMILES string of the molecule is CC(C)(C)NC(=O)NC(=O)CSc1nnc(-c2ccncc2)n1-c1ccc(F)cc1. The fourth-order valence-electron chi connectivity index (χ4n) is 2.54. The Morgan fingerprint density at radius 2 is 1.73 bits per heavy atom. The molecule has 2 aromatic heterocycles. The molecule has 0 aliphatic heterocycles. The van der Waals surface area contributed by atoms with E-state index < -0.39 is 17.5 Å². The van der Waals surface area contributed by atoms with Gasteiger partial charge in [0.2, 0.25) is 5.91 Å². The third kappa shape index (κ3) is 5.63. The highest BCUT2D eigenvalue weighted by Crippen LogP contribution is 2.27. The third-order valence-corrected chi connectivity index (χ3v) is 4.66. The van der Waals surface area contributed by atoms with E-state index in [0.717, 1.165) is 17.3 Å². The second-order valence-electron chi connectivity index (χ2n) is 7.39. The van der Waals surface area contributed by atoms with E-state index in [1.807, 2.05) is 20.8 Å². The topological polar surface area (TPSA) is 102 Å². The number of amides is 3. The van der Waals surface area contributed by atoms with Gasteiger partial charge in [-0.1, -0.05) is 11.8 Å². The van der Waals surface area contributed by atoms with Gasteiger partial charge in [0.05, 0.1) is 5.75 Å². The number of thioether (sulfide) groups is 1. The number of pyridine rings is 1. The Kier molecular flexibility index (Phi) is 6.46. The van der Waals surface area contributed by atoms with Gasteiger partial charge in [-0.3, -0.25) is 19.7 Å². The van der Waals surface area contributed by atoms with Crippen LogP contribution in [-0.4, -0.2) is 43.0 Å². The molecule has 0 saturated carbocycles. The number of imide groups is 1. The Labute approximate surface area is 177 Å². The molecule has 2 heterocycles. The molecule has 156 valence electrons. The van der Waals surface area contributed by atoms with Crippen LogP contribution in [0, 0.1) is 5.82 Å². The molecular formula is C20H21FN6O2S. The normalized spacial score (nSPS) is 11.2. The smallest absolute Gasteiger partial charge is 0.321 e. The predicted molar refractivity (Wildman–Crippen MR) is 112 cm³/mol. The minimum absolute atomic E-state index is 0.0484. The van der Waals surface area contributed by atoms with Crippen molar-refractivity contribution in [3.8, 4) is 17.1 Å². The van der Waals surface area contributed by atoms with Crippen molar-refractivity contribution < 1.29 is 14.0 Å². The number of hydrogen-bond donors (Lipinski definition) is 2. The van der Waals surface area contributed by atoms with Crippen molar-refractivity contribution in [2.45, 2.75) is 31.5 Å². The zero-order valence-corrected chi connectivity index (χ0v) is 17.5. The lowest BCUT2D eigenvalue weighted by molar-refractivity contribution is -0.117. The summed E-state index contributed by atoms with van der Waals surface area (Å²) < 4.78 is 15.1. The Hall–Kier alpha value is -3.27. The summed E-state index contributed by atoms with van der Waals surface area (Å²) in [7, 11) is 0. The number of urea groups is 1. The number of nitrogens with one attached hydrogen (secondary N) is 2. The van der Waals surface area contributed by atoms with Gasteiger partial charge in [0.1, 0.15) is 5.82 Å². The Balaban J connectivity index is 1.81. The molecule has 0 unspecified atom stereocenters. The quantitative estimate of drug-likeness (QED) is 0.605. The molecule has 1 aromatic carbocycles. The highest BCUT2D eigenvalue weighted by molar-refractivity contribution is 7.99. The van der Waals surface area contributed by atoms with Crippen LogP contribution in [0.15, 0.2) is 53.9 Å². The van der Waals surface area contributed by atoms with Crippen LogP contribution in [0.2, 0.25) is 0 Å². The van der Waals surface area contributed by atoms with Crippen molar-refractivity contribution in [2.24, 2.45) is 0 Å². The molecule has 2 N–H and O–H groups in total. The molecule has 0 aliphatic carbocycles. The molecule has 0 fully saturated rings. The lowest BCUT2D eigenvalue weighted by atomic mass is 10.1. The number of rotatable bonds is 5. The average molecular weight is 428 g/mol. The molecule has 0 radical (unpaired) electrons. The number of hydrogen-bond acceptors (Lipinski definition) is 6. The van der Waals surface area contributed by atoms with Crippen molar-refractivity contribution in [3.05, 3.63) is 54.6 Å². The zero-order valence-electron chi connectivity index (χ0n) is 16.7. The fourth-order valence-corrected chi connectivity index (χ4v) is 3.29. The lowest BCUT2D eigenvalue weighted by Gasteiger charge is -2.20. The van der Waals surface area contributed by atoms with Gasteiger partial charge in [0.15, 0.2) is 11.0 Å². The summed E-state index contributed by atoms with van der Waals surface area (Å²) >= 11 is 1.12. The van der Waals surface area contributed by atoms with Crippen molar-refractivity contribution in [1.29, 1.82) is 0 Å². The predicted octanol–water partition coefficient (Wildman–Crippen LogP) is 3.18. The monoisotopic (exact) mass is 428 g/mol. The van der Waals surface area contributed by atoms with E-state index in [4.69, 9.17) is 0 Å². The maximum atomic E-state index is 13.4. The van der Waals surface area contributed by atoms with E-state index in [-0.39, 0.29) is 11.6 Å². The van der Waals surface area contributed by atoms with Crippen LogP contribution in [0.5, 0.6) is 0 Å². The van der Waals surface area contributed by atoms with E-state index in [9.17, 15) is 14.0 Å². The van der Waals surface area contributed by atoms with E-state index >= 15 is 0 Å². The van der Waals surface area contributed by atoms with Gasteiger partial charge < -0.3 is 5.32 Å². The van der Waals surface area contributed by atoms with Crippen LogP contribution >= 0.6 is 11.8 Å². The van der Waals surface area contributed by atoms with Crippen molar-refractivity contribution in [3.63, 3.8) is 0 Å². The number of halogens is 1. The summed E-state index contributed by atoms with van der Waals surface area (Å²) in [5.41, 5.74) is 0.948. The molecule has 0 atom stereocenters. The van der Waals surface area contributed by atoms with Crippen molar-refractivity contribution in [1.82, 2.24) is 30.4 Å². The van der Waals surface area contributed by atoms with Crippen molar-refractivity contribution >= 4 is 23.7 Å². The van der Waals surface area contributed by atoms with Gasteiger partial charge in [-0.2, -0.15) is 0 Å². The van der Waals surface area contributed by atoms with Crippen LogP contribution in [0.1, 0.15) is 20.8 Å². The first-order valence-electron chi connectivity index (χ1n) is 9.09. The average Bonchev–Trinajstić information content (AvgIpc) is 3.10. The largest absolute Gasteiger partial charge is 0.333 e. The van der Waals surface area contributed by atoms with Crippen LogP contribution in [0.4, 0.5) is 9.18 Å². The molecule has 0 saturated heterocycles. The van der Waals surface area contributed by atoms with E-state index in [1.165, 1.54) is 12.1 Å². The Morgan fingerprint density at radius 3 is 2.37 bits per heavy atom. The summed E-state index contributed by atoms with van der Waals surface area (Å²) in [5, 5.41) is 13.8. The molecule has 0 bridgehead atoms. The summed E-state index contributed by atoms with van der Waals surface area (Å²) in [6, 6.07) is 8.87. The van der Waals surface area contributed by atoms with Gasteiger partial charge >= 0.3 is 6.03 Å². The van der Waals surface area contributed by atoms with Gasteiger partial charge in [0.25, 0.3) is 0 Å². The molecule has 3 aromatic rings. The maximum absolute atomic E-state index is 13.4. The summed E-state index contributed by atoms with van der Waals surface area (Å²) in [4.78, 5) is 28.0. The summed E-state index contributed by atoms with van der Waals surface area (Å²) in [5.74, 6) is -0.360. The summed E-state index contributed by atoms with van der Waals surface area (Å²) in [6.07, 6.45) is 3.26. The second-order valence-corrected chi connectivity index (χ2v) is 8.34. The van der Waals surface area contributed by atoms with E-state index in [2.05, 4.69) is 25.8 Å². The van der Waals surface area contributed by atoms with Crippen molar-refractivity contribution in [2.75, 3.05) is 5.75 Å². The van der Waals surface area contributed by atoms with Crippen LogP contribution in [0.25, 0.3) is 17.1 Å². The number of nitrogens with zero attached hydrogens (tertiary/aromatic N) is 4. The minimum atomic E-state index is -0.564. The molecular weight excluding hydrogens is 407 g/mol. The molecule has 0 spiro atoms. The lowest BCUT2D eigenvalue weighted by Crippen LogP contribution is -2.48. The second kappa shape index (κ2) is 9.04.